The summed E-state index contributed by atoms with van der Waals surface area (Å²) in [4.78, 5) is 14.3. The number of benzene rings is 1. The first-order chi connectivity index (χ1) is 7.65. The summed E-state index contributed by atoms with van der Waals surface area (Å²) < 4.78 is 13.5. The fourth-order valence-electron chi connectivity index (χ4n) is 1.93. The Bertz CT molecular complexity index is 589. The van der Waals surface area contributed by atoms with E-state index in [4.69, 9.17) is 5.73 Å². The Labute approximate surface area is 92.1 Å². The first-order valence-corrected chi connectivity index (χ1v) is 5.15. The highest BCUT2D eigenvalue weighted by atomic mass is 19.1. The molecule has 0 unspecified atom stereocenters. The third kappa shape index (κ3) is 1.61. The Balaban J connectivity index is 2.84. The van der Waals surface area contributed by atoms with Crippen LogP contribution >= 0.6 is 0 Å². The van der Waals surface area contributed by atoms with Gasteiger partial charge in [0.05, 0.1) is 5.52 Å². The van der Waals surface area contributed by atoms with E-state index in [1.807, 2.05) is 6.92 Å². The maximum Gasteiger partial charge on any atom is 0.252 e. The minimum absolute atomic E-state index is 0.249. The van der Waals surface area contributed by atoms with Gasteiger partial charge in [0.1, 0.15) is 5.82 Å². The lowest BCUT2D eigenvalue weighted by molar-refractivity contribution is 0.636. The zero-order valence-corrected chi connectivity index (χ0v) is 9.01. The average molecular weight is 220 g/mol. The highest BCUT2D eigenvalue weighted by Gasteiger charge is 2.10. The molecule has 0 aliphatic carbocycles. The number of rotatable bonds is 2. The third-order valence-electron chi connectivity index (χ3n) is 2.78. The van der Waals surface area contributed by atoms with Crippen LogP contribution in [0.25, 0.3) is 10.9 Å². The van der Waals surface area contributed by atoms with E-state index >= 15 is 0 Å². The Morgan fingerprint density at radius 2 is 2.19 bits per heavy atom. The van der Waals surface area contributed by atoms with Crippen molar-refractivity contribution in [3.8, 4) is 0 Å². The number of aryl methyl sites for hydroxylation is 1. The predicted molar refractivity (Wildman–Crippen MR) is 62.0 cm³/mol. The molecule has 2 aromatic rings. The summed E-state index contributed by atoms with van der Waals surface area (Å²) in [6.45, 7) is 2.23. The SMILES string of the molecule is Cc1c(CCN)c(=O)[nH]c2c(F)cccc12. The van der Waals surface area contributed by atoms with E-state index in [1.165, 1.54) is 6.07 Å². The molecule has 0 spiro atoms. The van der Waals surface area contributed by atoms with Gasteiger partial charge < -0.3 is 10.7 Å². The van der Waals surface area contributed by atoms with Crippen molar-refractivity contribution in [2.45, 2.75) is 13.3 Å². The summed E-state index contributed by atoms with van der Waals surface area (Å²) in [6.07, 6.45) is 0.508. The summed E-state index contributed by atoms with van der Waals surface area (Å²) in [7, 11) is 0. The summed E-state index contributed by atoms with van der Waals surface area (Å²) in [5.41, 5.74) is 6.91. The quantitative estimate of drug-likeness (QED) is 0.805. The Kier molecular flexibility index (Phi) is 2.75. The van der Waals surface area contributed by atoms with E-state index < -0.39 is 5.82 Å². The highest BCUT2D eigenvalue weighted by Crippen LogP contribution is 2.19. The van der Waals surface area contributed by atoms with Crippen molar-refractivity contribution in [1.29, 1.82) is 0 Å². The van der Waals surface area contributed by atoms with Crippen LogP contribution in [0.15, 0.2) is 23.0 Å². The fraction of sp³-hybridized carbons (Fsp3) is 0.250. The van der Waals surface area contributed by atoms with Crippen molar-refractivity contribution >= 4 is 10.9 Å². The van der Waals surface area contributed by atoms with E-state index in [1.54, 1.807) is 12.1 Å². The monoisotopic (exact) mass is 220 g/mol. The number of fused-ring (bicyclic) bond motifs is 1. The molecule has 3 N–H and O–H groups in total. The smallest absolute Gasteiger partial charge is 0.252 e. The maximum atomic E-state index is 13.5. The standard InChI is InChI=1S/C12H13FN2O/c1-7-8-3-2-4-10(13)11(8)15-12(16)9(7)5-6-14/h2-4H,5-6,14H2,1H3,(H,15,16). The molecule has 4 heteroatoms. The van der Waals surface area contributed by atoms with Crippen LogP contribution in [0.1, 0.15) is 11.1 Å². The molecule has 0 saturated carbocycles. The molecule has 16 heavy (non-hydrogen) atoms. The lowest BCUT2D eigenvalue weighted by atomic mass is 10.0. The van der Waals surface area contributed by atoms with Crippen LogP contribution in [0.2, 0.25) is 0 Å². The molecule has 0 amide bonds. The Hall–Kier alpha value is -1.68. The first-order valence-electron chi connectivity index (χ1n) is 5.15. The molecule has 84 valence electrons. The van der Waals surface area contributed by atoms with E-state index in [0.29, 0.717) is 18.5 Å². The van der Waals surface area contributed by atoms with Gasteiger partial charge in [-0.2, -0.15) is 0 Å². The van der Waals surface area contributed by atoms with Crippen LogP contribution in [0.3, 0.4) is 0 Å². The molecule has 0 saturated heterocycles. The van der Waals surface area contributed by atoms with Crippen molar-refractivity contribution in [1.82, 2.24) is 4.98 Å². The van der Waals surface area contributed by atoms with Gasteiger partial charge in [-0.3, -0.25) is 4.79 Å². The van der Waals surface area contributed by atoms with Crippen LogP contribution in [0.4, 0.5) is 4.39 Å². The van der Waals surface area contributed by atoms with E-state index in [0.717, 1.165) is 10.9 Å². The number of para-hydroxylation sites is 1. The van der Waals surface area contributed by atoms with Crippen molar-refractivity contribution in [3.63, 3.8) is 0 Å². The van der Waals surface area contributed by atoms with E-state index in [-0.39, 0.29) is 11.1 Å². The lowest BCUT2D eigenvalue weighted by Crippen LogP contribution is -2.18. The largest absolute Gasteiger partial charge is 0.330 e. The summed E-state index contributed by atoms with van der Waals surface area (Å²) in [5, 5.41) is 0.739. The Morgan fingerprint density at radius 3 is 2.88 bits per heavy atom. The molecule has 0 radical (unpaired) electrons. The van der Waals surface area contributed by atoms with Crippen LogP contribution in [0, 0.1) is 12.7 Å². The molecular formula is C12H13FN2O. The fourth-order valence-corrected chi connectivity index (χ4v) is 1.93. The van der Waals surface area contributed by atoms with Crippen molar-refractivity contribution in [2.75, 3.05) is 6.54 Å². The van der Waals surface area contributed by atoms with Crippen LogP contribution in [-0.2, 0) is 6.42 Å². The van der Waals surface area contributed by atoms with Gasteiger partial charge in [0, 0.05) is 10.9 Å². The predicted octanol–water partition coefficient (Wildman–Crippen LogP) is 1.48. The van der Waals surface area contributed by atoms with Crippen LogP contribution in [-0.4, -0.2) is 11.5 Å². The zero-order chi connectivity index (χ0) is 11.7. The van der Waals surface area contributed by atoms with E-state index in [2.05, 4.69) is 4.98 Å². The first kappa shape index (κ1) is 10.8. The second-order valence-electron chi connectivity index (χ2n) is 3.76. The van der Waals surface area contributed by atoms with Crippen molar-refractivity contribution in [2.24, 2.45) is 5.73 Å². The molecule has 0 aliphatic rings. The molecule has 1 heterocycles. The van der Waals surface area contributed by atoms with Gasteiger partial charge in [0.25, 0.3) is 5.56 Å². The third-order valence-corrected chi connectivity index (χ3v) is 2.78. The topological polar surface area (TPSA) is 58.9 Å². The van der Waals surface area contributed by atoms with Crippen molar-refractivity contribution in [3.05, 3.63) is 45.5 Å². The van der Waals surface area contributed by atoms with Gasteiger partial charge in [-0.15, -0.1) is 0 Å². The number of hydrogen-bond donors (Lipinski definition) is 2. The normalized spacial score (nSPS) is 10.9. The van der Waals surface area contributed by atoms with Crippen LogP contribution < -0.4 is 11.3 Å². The van der Waals surface area contributed by atoms with Gasteiger partial charge >= 0.3 is 0 Å². The number of nitrogens with two attached hydrogens (primary N) is 1. The Morgan fingerprint density at radius 1 is 1.44 bits per heavy atom. The van der Waals surface area contributed by atoms with Gasteiger partial charge in [0.2, 0.25) is 0 Å². The van der Waals surface area contributed by atoms with Crippen LogP contribution in [0.5, 0.6) is 0 Å². The molecular weight excluding hydrogens is 207 g/mol. The average Bonchev–Trinajstić information content (AvgIpc) is 2.26. The number of aromatic amines is 1. The van der Waals surface area contributed by atoms with Gasteiger partial charge in [-0.25, -0.2) is 4.39 Å². The van der Waals surface area contributed by atoms with Gasteiger partial charge in [-0.05, 0) is 31.5 Å². The molecule has 0 fully saturated rings. The zero-order valence-electron chi connectivity index (χ0n) is 9.01. The number of halogens is 1. The second kappa shape index (κ2) is 4.06. The molecule has 0 bridgehead atoms. The minimum atomic E-state index is -0.406. The summed E-state index contributed by atoms with van der Waals surface area (Å²) in [5.74, 6) is -0.406. The second-order valence-corrected chi connectivity index (χ2v) is 3.76. The summed E-state index contributed by atoms with van der Waals surface area (Å²) >= 11 is 0. The number of aromatic nitrogens is 1. The minimum Gasteiger partial charge on any atom is -0.330 e. The number of hydrogen-bond acceptors (Lipinski definition) is 2. The van der Waals surface area contributed by atoms with Crippen molar-refractivity contribution < 1.29 is 4.39 Å². The summed E-state index contributed by atoms with van der Waals surface area (Å²) in [6, 6.07) is 4.76. The molecule has 1 aromatic carbocycles. The van der Waals surface area contributed by atoms with E-state index in [9.17, 15) is 9.18 Å². The highest BCUT2D eigenvalue weighted by molar-refractivity contribution is 5.83. The number of pyridine rings is 1. The maximum absolute atomic E-state index is 13.5. The molecule has 2 rings (SSSR count). The molecule has 1 aromatic heterocycles. The molecule has 0 atom stereocenters. The number of H-pyrrole nitrogens is 1. The molecule has 0 aliphatic heterocycles. The van der Waals surface area contributed by atoms with Gasteiger partial charge in [0.15, 0.2) is 0 Å². The van der Waals surface area contributed by atoms with Gasteiger partial charge in [-0.1, -0.05) is 12.1 Å². The lowest BCUT2D eigenvalue weighted by Gasteiger charge is -2.08. The molecule has 3 nitrogen and oxygen atoms in total. The number of nitrogens with one attached hydrogen (secondary N) is 1.